The van der Waals surface area contributed by atoms with E-state index in [0.29, 0.717) is 24.7 Å². The normalized spacial score (nSPS) is 15.4. The average molecular weight is 393 g/mol. The molecule has 1 aliphatic carbocycles. The minimum absolute atomic E-state index is 0.210. The third kappa shape index (κ3) is 3.46. The molecule has 0 bridgehead atoms. The molecule has 148 valence electrons. The van der Waals surface area contributed by atoms with Gasteiger partial charge in [-0.3, -0.25) is 4.79 Å². The van der Waals surface area contributed by atoms with Crippen LogP contribution in [0.5, 0.6) is 5.88 Å². The van der Waals surface area contributed by atoms with E-state index in [0.717, 1.165) is 35.5 Å². The molecule has 0 atom stereocenters. The second kappa shape index (κ2) is 6.95. The maximum atomic E-state index is 13.2. The van der Waals surface area contributed by atoms with Crippen molar-refractivity contribution in [3.63, 3.8) is 0 Å². The van der Waals surface area contributed by atoms with E-state index in [1.807, 2.05) is 24.0 Å². The number of carbonyl (C=O) groups is 1. The molecule has 0 saturated heterocycles. The first-order valence-corrected chi connectivity index (χ1v) is 9.66. The number of fused-ring (bicyclic) bond motifs is 1. The fourth-order valence-electron chi connectivity index (χ4n) is 3.53. The molecule has 7 nitrogen and oxygen atoms in total. The Morgan fingerprint density at radius 1 is 1.17 bits per heavy atom. The smallest absolute Gasteiger partial charge is 0.226 e. The monoisotopic (exact) mass is 393 g/mol. The lowest BCUT2D eigenvalue weighted by molar-refractivity contribution is -0.133. The molecule has 1 saturated carbocycles. The number of rotatable bonds is 5. The number of halogens is 1. The number of ether oxygens (including phenoxy) is 1. The first-order valence-electron chi connectivity index (χ1n) is 9.66. The van der Waals surface area contributed by atoms with Crippen molar-refractivity contribution in [1.29, 1.82) is 0 Å². The minimum atomic E-state index is -0.306. The minimum Gasteiger partial charge on any atom is -0.471 e. The second-order valence-corrected chi connectivity index (χ2v) is 7.52. The molecule has 3 heterocycles. The third-order valence-corrected chi connectivity index (χ3v) is 5.37. The van der Waals surface area contributed by atoms with Gasteiger partial charge in [0.25, 0.3) is 0 Å². The van der Waals surface area contributed by atoms with Crippen molar-refractivity contribution in [2.24, 2.45) is 5.92 Å². The van der Waals surface area contributed by atoms with E-state index in [4.69, 9.17) is 4.74 Å². The largest absolute Gasteiger partial charge is 0.471 e. The van der Waals surface area contributed by atoms with Gasteiger partial charge < -0.3 is 9.64 Å². The SMILES string of the molecule is Cc1nnn(-c2ccc(F)cc2)c1COc1ccc2c(n1)CN(C(=O)C1CC1)C2. The van der Waals surface area contributed by atoms with Crippen LogP contribution in [0.2, 0.25) is 0 Å². The molecule has 29 heavy (non-hydrogen) atoms. The van der Waals surface area contributed by atoms with Gasteiger partial charge in [-0.25, -0.2) is 14.1 Å². The van der Waals surface area contributed by atoms with Crippen molar-refractivity contribution in [2.45, 2.75) is 39.5 Å². The van der Waals surface area contributed by atoms with E-state index in [-0.39, 0.29) is 24.2 Å². The Balaban J connectivity index is 1.31. The lowest BCUT2D eigenvalue weighted by Gasteiger charge is -2.13. The van der Waals surface area contributed by atoms with E-state index >= 15 is 0 Å². The average Bonchev–Trinajstić information content (AvgIpc) is 3.39. The van der Waals surface area contributed by atoms with Crippen LogP contribution in [0.25, 0.3) is 5.69 Å². The Morgan fingerprint density at radius 2 is 1.97 bits per heavy atom. The summed E-state index contributed by atoms with van der Waals surface area (Å²) < 4.78 is 20.8. The van der Waals surface area contributed by atoms with Crippen LogP contribution < -0.4 is 4.74 Å². The number of pyridine rings is 1. The van der Waals surface area contributed by atoms with Crippen LogP contribution in [0.1, 0.15) is 35.5 Å². The summed E-state index contributed by atoms with van der Waals surface area (Å²) in [7, 11) is 0. The van der Waals surface area contributed by atoms with Crippen LogP contribution in [-0.2, 0) is 24.5 Å². The van der Waals surface area contributed by atoms with Gasteiger partial charge in [0.1, 0.15) is 18.1 Å². The summed E-state index contributed by atoms with van der Waals surface area (Å²) in [5, 5.41) is 8.25. The zero-order valence-electron chi connectivity index (χ0n) is 16.0. The Hall–Kier alpha value is -3.29. The van der Waals surface area contributed by atoms with Crippen molar-refractivity contribution in [3.05, 3.63) is 64.9 Å². The molecular weight excluding hydrogens is 373 g/mol. The molecule has 1 aromatic carbocycles. The lowest BCUT2D eigenvalue weighted by Crippen LogP contribution is -2.26. The maximum absolute atomic E-state index is 13.2. The van der Waals surface area contributed by atoms with E-state index in [1.165, 1.54) is 12.1 Å². The van der Waals surface area contributed by atoms with Crippen LogP contribution in [0.3, 0.4) is 0 Å². The maximum Gasteiger partial charge on any atom is 0.226 e. The van der Waals surface area contributed by atoms with Gasteiger partial charge in [0.05, 0.1) is 23.6 Å². The Bertz CT molecular complexity index is 1080. The van der Waals surface area contributed by atoms with Crippen LogP contribution >= 0.6 is 0 Å². The number of aromatic nitrogens is 4. The Kier molecular flexibility index (Phi) is 4.26. The summed E-state index contributed by atoms with van der Waals surface area (Å²) in [4.78, 5) is 18.8. The summed E-state index contributed by atoms with van der Waals surface area (Å²) in [5.74, 6) is 0.633. The van der Waals surface area contributed by atoms with Crippen molar-refractivity contribution in [1.82, 2.24) is 24.9 Å². The van der Waals surface area contributed by atoms with Crippen molar-refractivity contribution in [2.75, 3.05) is 0 Å². The van der Waals surface area contributed by atoms with Crippen LogP contribution in [0.4, 0.5) is 4.39 Å². The fraction of sp³-hybridized carbons (Fsp3) is 0.333. The lowest BCUT2D eigenvalue weighted by atomic mass is 10.2. The standard InChI is InChI=1S/C21H20FN5O2/c1-13-19(27(25-24-13)17-7-5-16(22)6-8-17)12-29-20-9-4-15-10-26(11-18(15)23-20)21(28)14-2-3-14/h4-9,14H,2-3,10-12H2,1H3. The number of carbonyl (C=O) groups excluding carboxylic acids is 1. The van der Waals surface area contributed by atoms with Gasteiger partial charge in [0.2, 0.25) is 11.8 Å². The first-order chi connectivity index (χ1) is 14.1. The van der Waals surface area contributed by atoms with Gasteiger partial charge in [-0.1, -0.05) is 5.21 Å². The molecule has 2 aromatic heterocycles. The topological polar surface area (TPSA) is 73.1 Å². The molecule has 1 amide bonds. The van der Waals surface area contributed by atoms with Crippen molar-refractivity contribution in [3.8, 4) is 11.6 Å². The second-order valence-electron chi connectivity index (χ2n) is 7.52. The molecule has 0 unspecified atom stereocenters. The molecule has 3 aromatic rings. The zero-order valence-corrected chi connectivity index (χ0v) is 16.0. The quantitative estimate of drug-likeness (QED) is 0.666. The summed E-state index contributed by atoms with van der Waals surface area (Å²) >= 11 is 0. The number of benzene rings is 1. The number of hydrogen-bond acceptors (Lipinski definition) is 5. The van der Waals surface area contributed by atoms with Gasteiger partial charge in [0, 0.05) is 18.5 Å². The van der Waals surface area contributed by atoms with E-state index < -0.39 is 0 Å². The number of aryl methyl sites for hydroxylation is 1. The van der Waals surface area contributed by atoms with E-state index in [9.17, 15) is 9.18 Å². The summed E-state index contributed by atoms with van der Waals surface area (Å²) in [5.41, 5.74) is 4.17. The molecule has 0 radical (unpaired) electrons. The van der Waals surface area contributed by atoms with Crippen molar-refractivity contribution < 1.29 is 13.9 Å². The number of amides is 1. The van der Waals surface area contributed by atoms with Crippen LogP contribution in [0.15, 0.2) is 36.4 Å². The summed E-state index contributed by atoms with van der Waals surface area (Å²) in [6.45, 7) is 3.24. The van der Waals surface area contributed by atoms with Crippen LogP contribution in [-0.4, -0.2) is 30.8 Å². The molecule has 8 heteroatoms. The summed E-state index contributed by atoms with van der Waals surface area (Å²) in [6, 6.07) is 9.85. The van der Waals surface area contributed by atoms with Crippen LogP contribution in [0, 0.1) is 18.7 Å². The molecule has 1 fully saturated rings. The molecule has 5 rings (SSSR count). The number of hydrogen-bond donors (Lipinski definition) is 0. The third-order valence-electron chi connectivity index (χ3n) is 5.37. The molecule has 2 aliphatic rings. The van der Waals surface area contributed by atoms with Crippen molar-refractivity contribution >= 4 is 5.91 Å². The molecule has 1 aliphatic heterocycles. The summed E-state index contributed by atoms with van der Waals surface area (Å²) in [6.07, 6.45) is 2.01. The van der Waals surface area contributed by atoms with Gasteiger partial charge in [-0.15, -0.1) is 5.10 Å². The van der Waals surface area contributed by atoms with Gasteiger partial charge >= 0.3 is 0 Å². The molecule has 0 N–H and O–H groups in total. The van der Waals surface area contributed by atoms with Gasteiger partial charge in [0.15, 0.2) is 0 Å². The fourth-order valence-corrected chi connectivity index (χ4v) is 3.53. The van der Waals surface area contributed by atoms with E-state index in [2.05, 4.69) is 15.3 Å². The zero-order chi connectivity index (χ0) is 20.0. The van der Waals surface area contributed by atoms with Gasteiger partial charge in [-0.2, -0.15) is 0 Å². The van der Waals surface area contributed by atoms with E-state index in [1.54, 1.807) is 16.8 Å². The highest BCUT2D eigenvalue weighted by Gasteiger charge is 2.36. The number of nitrogens with zero attached hydrogens (tertiary/aromatic N) is 5. The highest BCUT2D eigenvalue weighted by atomic mass is 19.1. The Labute approximate surface area is 167 Å². The highest BCUT2D eigenvalue weighted by Crippen LogP contribution is 2.34. The first kappa shape index (κ1) is 17.8. The highest BCUT2D eigenvalue weighted by molar-refractivity contribution is 5.81. The molecule has 0 spiro atoms. The predicted octanol–water partition coefficient (Wildman–Crippen LogP) is 2.94. The Morgan fingerprint density at radius 3 is 2.72 bits per heavy atom. The molecular formula is C21H20FN5O2. The van der Waals surface area contributed by atoms with Gasteiger partial charge in [-0.05, 0) is 55.7 Å². The predicted molar refractivity (Wildman–Crippen MR) is 102 cm³/mol.